The molecule has 0 saturated heterocycles. The number of Topliss-reactive ketones (excluding diaryl/α,β-unsaturated/α-hetero) is 1. The van der Waals surface area contributed by atoms with Gasteiger partial charge in [-0.2, -0.15) is 0 Å². The highest BCUT2D eigenvalue weighted by molar-refractivity contribution is 7.17. The number of aryl methyl sites for hydroxylation is 1. The molecule has 4 aromatic rings. The molecule has 168 valence electrons. The first-order chi connectivity index (χ1) is 15.9. The molecule has 1 amide bonds. The van der Waals surface area contributed by atoms with Gasteiger partial charge >= 0.3 is 0 Å². The lowest BCUT2D eigenvalue weighted by Crippen LogP contribution is -2.33. The number of benzene rings is 2. The summed E-state index contributed by atoms with van der Waals surface area (Å²) in [6.45, 7) is 5.45. The molecule has 6 nitrogen and oxygen atoms in total. The third kappa shape index (κ3) is 4.50. The molecular formula is C26H25N3O3S. The molecule has 1 unspecified atom stereocenters. The average Bonchev–Trinajstić information content (AvgIpc) is 3.26. The fraction of sp³-hybridized carbons (Fsp3) is 0.231. The number of carbonyl (C=O) groups is 2. The Morgan fingerprint density at radius 2 is 1.76 bits per heavy atom. The molecule has 0 saturated carbocycles. The van der Waals surface area contributed by atoms with Gasteiger partial charge in [0, 0.05) is 22.2 Å². The second kappa shape index (κ2) is 9.50. The molecular weight excluding hydrogens is 434 g/mol. The minimum absolute atomic E-state index is 0.0406. The molecule has 2 aromatic heterocycles. The number of thiophene rings is 1. The van der Waals surface area contributed by atoms with Crippen LogP contribution in [-0.2, 0) is 11.2 Å². The molecule has 4 rings (SSSR count). The summed E-state index contributed by atoms with van der Waals surface area (Å²) in [6.07, 6.45) is 2.83. The van der Waals surface area contributed by atoms with Crippen LogP contribution in [0, 0.1) is 0 Å². The van der Waals surface area contributed by atoms with Crippen molar-refractivity contribution in [2.75, 3.05) is 5.32 Å². The number of rotatable bonds is 7. The molecule has 0 aliphatic heterocycles. The van der Waals surface area contributed by atoms with Crippen LogP contribution in [0.4, 0.5) is 5.69 Å². The van der Waals surface area contributed by atoms with Gasteiger partial charge < -0.3 is 5.32 Å². The van der Waals surface area contributed by atoms with Crippen LogP contribution in [0.15, 0.2) is 65.0 Å². The summed E-state index contributed by atoms with van der Waals surface area (Å²) < 4.78 is 1.41. The van der Waals surface area contributed by atoms with Crippen LogP contribution in [-0.4, -0.2) is 21.2 Å². The molecule has 1 atom stereocenters. The Labute approximate surface area is 195 Å². The van der Waals surface area contributed by atoms with Gasteiger partial charge in [0.1, 0.15) is 10.9 Å². The standard InChI is InChI=1S/C26H25N3O3S/c1-4-17-6-8-19(9-7-17)21-14-33-25-23(21)26(32)29(15-27-25)22(5-2)24(31)28-20-12-10-18(11-13-20)16(3)30/h6-15,22H,4-5H2,1-3H3,(H,28,31). The van der Waals surface area contributed by atoms with E-state index in [0.29, 0.717) is 27.9 Å². The Morgan fingerprint density at radius 1 is 1.06 bits per heavy atom. The van der Waals surface area contributed by atoms with Crippen molar-refractivity contribution in [2.24, 2.45) is 0 Å². The molecule has 0 radical (unpaired) electrons. The van der Waals surface area contributed by atoms with Gasteiger partial charge in [-0.3, -0.25) is 19.0 Å². The van der Waals surface area contributed by atoms with E-state index in [-0.39, 0.29) is 17.2 Å². The van der Waals surface area contributed by atoms with Crippen molar-refractivity contribution in [3.63, 3.8) is 0 Å². The van der Waals surface area contributed by atoms with Crippen molar-refractivity contribution < 1.29 is 9.59 Å². The smallest absolute Gasteiger partial charge is 0.263 e. The summed E-state index contributed by atoms with van der Waals surface area (Å²) in [5.74, 6) is -0.346. The van der Waals surface area contributed by atoms with Gasteiger partial charge in [-0.15, -0.1) is 11.3 Å². The molecule has 0 aliphatic rings. The van der Waals surface area contributed by atoms with Crippen LogP contribution >= 0.6 is 11.3 Å². The maximum Gasteiger partial charge on any atom is 0.263 e. The van der Waals surface area contributed by atoms with Crippen molar-refractivity contribution in [3.05, 3.63) is 81.7 Å². The van der Waals surface area contributed by atoms with Gasteiger partial charge in [-0.25, -0.2) is 4.98 Å². The summed E-state index contributed by atoms with van der Waals surface area (Å²) in [6, 6.07) is 14.2. The minimum atomic E-state index is -0.711. The van der Waals surface area contributed by atoms with Gasteiger partial charge in [0.2, 0.25) is 5.91 Å². The zero-order chi connectivity index (χ0) is 23.5. The van der Waals surface area contributed by atoms with Gasteiger partial charge in [0.05, 0.1) is 11.7 Å². The molecule has 7 heteroatoms. The number of fused-ring (bicyclic) bond motifs is 1. The normalized spacial score (nSPS) is 12.0. The number of hydrogen-bond donors (Lipinski definition) is 1. The van der Waals surface area contributed by atoms with E-state index in [1.807, 2.05) is 24.4 Å². The molecule has 2 aromatic carbocycles. The highest BCUT2D eigenvalue weighted by Gasteiger charge is 2.23. The van der Waals surface area contributed by atoms with Gasteiger partial charge in [0.15, 0.2) is 5.78 Å². The summed E-state index contributed by atoms with van der Waals surface area (Å²) in [5.41, 5.74) is 3.93. The predicted octanol–water partition coefficient (Wildman–Crippen LogP) is 5.48. The first-order valence-corrected chi connectivity index (χ1v) is 11.8. The third-order valence-corrected chi connectivity index (χ3v) is 6.66. The number of nitrogens with one attached hydrogen (secondary N) is 1. The van der Waals surface area contributed by atoms with E-state index in [1.165, 1.54) is 34.7 Å². The van der Waals surface area contributed by atoms with E-state index in [0.717, 1.165) is 17.5 Å². The van der Waals surface area contributed by atoms with E-state index in [4.69, 9.17) is 0 Å². The van der Waals surface area contributed by atoms with Crippen molar-refractivity contribution in [3.8, 4) is 11.1 Å². The summed E-state index contributed by atoms with van der Waals surface area (Å²) in [4.78, 5) is 43.1. The van der Waals surface area contributed by atoms with Crippen LogP contribution in [0.5, 0.6) is 0 Å². The second-order valence-electron chi connectivity index (χ2n) is 7.88. The van der Waals surface area contributed by atoms with Crippen LogP contribution in [0.25, 0.3) is 21.3 Å². The maximum absolute atomic E-state index is 13.5. The number of ketones is 1. The van der Waals surface area contributed by atoms with E-state index in [9.17, 15) is 14.4 Å². The monoisotopic (exact) mass is 459 g/mol. The topological polar surface area (TPSA) is 81.1 Å². The molecule has 0 spiro atoms. The molecule has 0 fully saturated rings. The van der Waals surface area contributed by atoms with Crippen LogP contribution in [0.3, 0.4) is 0 Å². The van der Waals surface area contributed by atoms with E-state index >= 15 is 0 Å². The summed E-state index contributed by atoms with van der Waals surface area (Å²) in [5, 5.41) is 5.33. The van der Waals surface area contributed by atoms with E-state index < -0.39 is 6.04 Å². The molecule has 1 N–H and O–H groups in total. The Hall–Kier alpha value is -3.58. The van der Waals surface area contributed by atoms with Crippen LogP contribution < -0.4 is 10.9 Å². The van der Waals surface area contributed by atoms with Crippen LogP contribution in [0.1, 0.15) is 49.2 Å². The Bertz CT molecular complexity index is 1370. The first-order valence-electron chi connectivity index (χ1n) is 10.9. The number of nitrogens with zero attached hydrogens (tertiary/aromatic N) is 2. The van der Waals surface area contributed by atoms with Crippen LogP contribution in [0.2, 0.25) is 0 Å². The fourth-order valence-corrected chi connectivity index (χ4v) is 4.73. The first kappa shape index (κ1) is 22.6. The SMILES string of the molecule is CCc1ccc(-c2csc3ncn(C(CC)C(=O)Nc4ccc(C(C)=O)cc4)c(=O)c23)cc1. The zero-order valence-corrected chi connectivity index (χ0v) is 19.6. The lowest BCUT2D eigenvalue weighted by Gasteiger charge is -2.18. The van der Waals surface area contributed by atoms with E-state index in [1.54, 1.807) is 24.3 Å². The highest BCUT2D eigenvalue weighted by atomic mass is 32.1. The summed E-state index contributed by atoms with van der Waals surface area (Å²) in [7, 11) is 0. The number of hydrogen-bond acceptors (Lipinski definition) is 5. The predicted molar refractivity (Wildman–Crippen MR) is 133 cm³/mol. The Kier molecular flexibility index (Phi) is 6.51. The summed E-state index contributed by atoms with van der Waals surface area (Å²) >= 11 is 1.42. The van der Waals surface area contributed by atoms with Crippen molar-refractivity contribution in [1.29, 1.82) is 0 Å². The zero-order valence-electron chi connectivity index (χ0n) is 18.8. The van der Waals surface area contributed by atoms with Crippen molar-refractivity contribution in [2.45, 2.75) is 39.7 Å². The van der Waals surface area contributed by atoms with Gasteiger partial charge in [-0.05, 0) is 55.2 Å². The third-order valence-electron chi connectivity index (χ3n) is 5.78. The number of anilines is 1. The highest BCUT2D eigenvalue weighted by Crippen LogP contribution is 2.31. The minimum Gasteiger partial charge on any atom is -0.324 e. The second-order valence-corrected chi connectivity index (χ2v) is 8.74. The largest absolute Gasteiger partial charge is 0.324 e. The van der Waals surface area contributed by atoms with Crippen molar-refractivity contribution >= 4 is 38.9 Å². The molecule has 33 heavy (non-hydrogen) atoms. The lowest BCUT2D eigenvalue weighted by atomic mass is 10.0. The number of amides is 1. The number of carbonyl (C=O) groups excluding carboxylic acids is 2. The van der Waals surface area contributed by atoms with E-state index in [2.05, 4.69) is 29.4 Å². The molecule has 2 heterocycles. The quantitative estimate of drug-likeness (QED) is 0.371. The van der Waals surface area contributed by atoms with Gasteiger partial charge in [-0.1, -0.05) is 38.1 Å². The van der Waals surface area contributed by atoms with Gasteiger partial charge in [0.25, 0.3) is 5.56 Å². The Morgan fingerprint density at radius 3 is 2.36 bits per heavy atom. The Balaban J connectivity index is 1.68. The average molecular weight is 460 g/mol. The fourth-order valence-electron chi connectivity index (χ4n) is 3.82. The number of aromatic nitrogens is 2. The van der Waals surface area contributed by atoms with Crippen molar-refractivity contribution in [1.82, 2.24) is 9.55 Å². The molecule has 0 aliphatic carbocycles. The lowest BCUT2D eigenvalue weighted by molar-refractivity contribution is -0.119. The molecule has 0 bridgehead atoms. The maximum atomic E-state index is 13.5.